The predicted octanol–water partition coefficient (Wildman–Crippen LogP) is 2.14. The Kier molecular flexibility index (Phi) is 3.75. The van der Waals surface area contributed by atoms with Crippen molar-refractivity contribution in [1.29, 1.82) is 0 Å². The molecule has 1 aliphatic rings. The van der Waals surface area contributed by atoms with Gasteiger partial charge in [-0.15, -0.1) is 0 Å². The lowest BCUT2D eigenvalue weighted by Gasteiger charge is -2.31. The number of amides is 1. The van der Waals surface area contributed by atoms with Gasteiger partial charge in [-0.2, -0.15) is 0 Å². The van der Waals surface area contributed by atoms with Crippen molar-refractivity contribution < 1.29 is 4.79 Å². The lowest BCUT2D eigenvalue weighted by Crippen LogP contribution is -2.34. The molecule has 4 N–H and O–H groups in total. The van der Waals surface area contributed by atoms with Crippen LogP contribution in [0.2, 0.25) is 0 Å². The SMILES string of the molecule is CCN(c1ccc(N)cc1C(N)=O)C1CCCC1. The first kappa shape index (κ1) is 12.7. The van der Waals surface area contributed by atoms with Crippen LogP contribution in [0.3, 0.4) is 0 Å². The van der Waals surface area contributed by atoms with Gasteiger partial charge in [0.15, 0.2) is 0 Å². The van der Waals surface area contributed by atoms with Crippen LogP contribution in [0.25, 0.3) is 0 Å². The summed E-state index contributed by atoms with van der Waals surface area (Å²) in [6.07, 6.45) is 4.91. The number of carbonyl (C=O) groups is 1. The third-order valence-corrected chi connectivity index (χ3v) is 3.70. The van der Waals surface area contributed by atoms with E-state index in [1.165, 1.54) is 25.7 Å². The molecule has 1 aromatic rings. The average Bonchev–Trinajstić information content (AvgIpc) is 2.85. The smallest absolute Gasteiger partial charge is 0.250 e. The molecule has 1 fully saturated rings. The number of nitrogen functional groups attached to an aromatic ring is 1. The van der Waals surface area contributed by atoms with Crippen LogP contribution in [0.15, 0.2) is 18.2 Å². The Morgan fingerprint density at radius 1 is 1.39 bits per heavy atom. The monoisotopic (exact) mass is 247 g/mol. The van der Waals surface area contributed by atoms with Crippen LogP contribution in [0.1, 0.15) is 43.0 Å². The number of hydrogen-bond acceptors (Lipinski definition) is 3. The molecule has 0 unspecified atom stereocenters. The third kappa shape index (κ3) is 2.42. The van der Waals surface area contributed by atoms with Crippen molar-refractivity contribution in [2.24, 2.45) is 5.73 Å². The van der Waals surface area contributed by atoms with Gasteiger partial charge in [-0.1, -0.05) is 12.8 Å². The zero-order chi connectivity index (χ0) is 13.1. The molecule has 0 spiro atoms. The maximum atomic E-state index is 11.5. The topological polar surface area (TPSA) is 72.3 Å². The van der Waals surface area contributed by atoms with E-state index in [0.717, 1.165) is 12.2 Å². The summed E-state index contributed by atoms with van der Waals surface area (Å²) in [4.78, 5) is 13.8. The molecular formula is C14H21N3O. The molecule has 4 heteroatoms. The van der Waals surface area contributed by atoms with Gasteiger partial charge in [-0.3, -0.25) is 4.79 Å². The van der Waals surface area contributed by atoms with Crippen LogP contribution in [0.4, 0.5) is 11.4 Å². The highest BCUT2D eigenvalue weighted by atomic mass is 16.1. The molecule has 1 aliphatic carbocycles. The normalized spacial score (nSPS) is 15.8. The van der Waals surface area contributed by atoms with Gasteiger partial charge in [0.25, 0.3) is 5.91 Å². The van der Waals surface area contributed by atoms with E-state index in [-0.39, 0.29) is 0 Å². The first-order valence-electron chi connectivity index (χ1n) is 6.59. The number of primary amides is 1. The Morgan fingerprint density at radius 2 is 2.06 bits per heavy atom. The molecule has 1 amide bonds. The highest BCUT2D eigenvalue weighted by Gasteiger charge is 2.24. The van der Waals surface area contributed by atoms with Crippen molar-refractivity contribution in [1.82, 2.24) is 0 Å². The molecule has 4 nitrogen and oxygen atoms in total. The fraction of sp³-hybridized carbons (Fsp3) is 0.500. The lowest BCUT2D eigenvalue weighted by atomic mass is 10.1. The van der Waals surface area contributed by atoms with E-state index in [9.17, 15) is 4.79 Å². The van der Waals surface area contributed by atoms with Crippen LogP contribution in [0.5, 0.6) is 0 Å². The number of rotatable bonds is 4. The molecule has 18 heavy (non-hydrogen) atoms. The maximum absolute atomic E-state index is 11.5. The molecular weight excluding hydrogens is 226 g/mol. The van der Waals surface area contributed by atoms with E-state index in [1.54, 1.807) is 6.07 Å². The van der Waals surface area contributed by atoms with Crippen LogP contribution in [-0.2, 0) is 0 Å². The summed E-state index contributed by atoms with van der Waals surface area (Å²) in [5.41, 5.74) is 13.2. The highest BCUT2D eigenvalue weighted by molar-refractivity contribution is 5.99. The summed E-state index contributed by atoms with van der Waals surface area (Å²) in [5.74, 6) is -0.409. The Bertz CT molecular complexity index is 439. The Labute approximate surface area is 108 Å². The number of carbonyl (C=O) groups excluding carboxylic acids is 1. The molecule has 2 rings (SSSR count). The van der Waals surface area contributed by atoms with Crippen molar-refractivity contribution in [2.75, 3.05) is 17.2 Å². The molecule has 0 heterocycles. The fourth-order valence-corrected chi connectivity index (χ4v) is 2.84. The summed E-state index contributed by atoms with van der Waals surface area (Å²) in [6, 6.07) is 5.95. The maximum Gasteiger partial charge on any atom is 0.250 e. The van der Waals surface area contributed by atoms with Crippen LogP contribution < -0.4 is 16.4 Å². The van der Waals surface area contributed by atoms with Gasteiger partial charge in [0.2, 0.25) is 0 Å². The predicted molar refractivity (Wildman–Crippen MR) is 74.6 cm³/mol. The van der Waals surface area contributed by atoms with Gasteiger partial charge in [-0.05, 0) is 38.0 Å². The van der Waals surface area contributed by atoms with Crippen LogP contribution in [-0.4, -0.2) is 18.5 Å². The van der Waals surface area contributed by atoms with Crippen LogP contribution >= 0.6 is 0 Å². The van der Waals surface area contributed by atoms with E-state index < -0.39 is 5.91 Å². The number of nitrogens with two attached hydrogens (primary N) is 2. The zero-order valence-corrected chi connectivity index (χ0v) is 10.9. The molecule has 0 aliphatic heterocycles. The van der Waals surface area contributed by atoms with E-state index in [2.05, 4.69) is 11.8 Å². The zero-order valence-electron chi connectivity index (χ0n) is 10.9. The van der Waals surface area contributed by atoms with E-state index in [4.69, 9.17) is 11.5 Å². The summed E-state index contributed by atoms with van der Waals surface area (Å²) in [5, 5.41) is 0. The summed E-state index contributed by atoms with van der Waals surface area (Å²) in [6.45, 7) is 2.99. The fourth-order valence-electron chi connectivity index (χ4n) is 2.84. The van der Waals surface area contributed by atoms with E-state index in [0.29, 0.717) is 17.3 Å². The van der Waals surface area contributed by atoms with E-state index >= 15 is 0 Å². The molecule has 0 aromatic heterocycles. The highest BCUT2D eigenvalue weighted by Crippen LogP contribution is 2.31. The second-order valence-electron chi connectivity index (χ2n) is 4.87. The lowest BCUT2D eigenvalue weighted by molar-refractivity contribution is 0.100. The van der Waals surface area contributed by atoms with Gasteiger partial charge in [-0.25, -0.2) is 0 Å². The van der Waals surface area contributed by atoms with Gasteiger partial charge < -0.3 is 16.4 Å². The van der Waals surface area contributed by atoms with Gasteiger partial charge >= 0.3 is 0 Å². The summed E-state index contributed by atoms with van der Waals surface area (Å²) >= 11 is 0. The second kappa shape index (κ2) is 5.29. The minimum atomic E-state index is -0.409. The van der Waals surface area contributed by atoms with Crippen molar-refractivity contribution >= 4 is 17.3 Å². The average molecular weight is 247 g/mol. The minimum Gasteiger partial charge on any atom is -0.399 e. The van der Waals surface area contributed by atoms with Crippen LogP contribution in [0, 0.1) is 0 Å². The molecule has 0 bridgehead atoms. The number of benzene rings is 1. The molecule has 0 saturated heterocycles. The van der Waals surface area contributed by atoms with Crippen molar-refractivity contribution in [3.63, 3.8) is 0 Å². The van der Waals surface area contributed by atoms with Gasteiger partial charge in [0.05, 0.1) is 5.56 Å². The first-order chi connectivity index (χ1) is 8.63. The first-order valence-corrected chi connectivity index (χ1v) is 6.59. The molecule has 1 aromatic carbocycles. The van der Waals surface area contributed by atoms with Crippen molar-refractivity contribution in [3.8, 4) is 0 Å². The summed E-state index contributed by atoms with van der Waals surface area (Å²) in [7, 11) is 0. The van der Waals surface area contributed by atoms with Crippen molar-refractivity contribution in [3.05, 3.63) is 23.8 Å². The van der Waals surface area contributed by atoms with Gasteiger partial charge in [0.1, 0.15) is 0 Å². The molecule has 1 saturated carbocycles. The number of anilines is 2. The second-order valence-corrected chi connectivity index (χ2v) is 4.87. The Hall–Kier alpha value is -1.71. The van der Waals surface area contributed by atoms with Gasteiger partial charge in [0, 0.05) is 24.0 Å². The third-order valence-electron chi connectivity index (χ3n) is 3.70. The molecule has 0 atom stereocenters. The molecule has 98 valence electrons. The number of hydrogen-bond donors (Lipinski definition) is 2. The van der Waals surface area contributed by atoms with E-state index in [1.807, 2.05) is 12.1 Å². The summed E-state index contributed by atoms with van der Waals surface area (Å²) < 4.78 is 0. The molecule has 0 radical (unpaired) electrons. The minimum absolute atomic E-state index is 0.409. The largest absolute Gasteiger partial charge is 0.399 e. The quantitative estimate of drug-likeness (QED) is 0.801. The Balaban J connectivity index is 2.37. The standard InChI is InChI=1S/C14H21N3O/c1-2-17(11-5-3-4-6-11)13-8-7-10(15)9-12(13)14(16)18/h7-9,11H,2-6,15H2,1H3,(H2,16,18). The number of nitrogens with zero attached hydrogens (tertiary/aromatic N) is 1. The van der Waals surface area contributed by atoms with Crippen molar-refractivity contribution in [2.45, 2.75) is 38.6 Å². The Morgan fingerprint density at radius 3 is 2.61 bits per heavy atom.